The molecule has 0 saturated carbocycles. The molecular weight excluding hydrogens is 216 g/mol. The maximum absolute atomic E-state index is 9.82. The van der Waals surface area contributed by atoms with E-state index in [-0.39, 0.29) is 12.0 Å². The molecule has 0 radical (unpaired) electrons. The molecule has 0 spiro atoms. The van der Waals surface area contributed by atoms with Gasteiger partial charge in [-0.15, -0.1) is 0 Å². The number of nitrogens with zero attached hydrogens (tertiary/aromatic N) is 1. The SMILES string of the molecule is CCc1nc(C(O)CN)cc2c1OCC2(C)C. The van der Waals surface area contributed by atoms with Gasteiger partial charge in [-0.25, -0.2) is 0 Å². The monoisotopic (exact) mass is 236 g/mol. The highest BCUT2D eigenvalue weighted by atomic mass is 16.5. The Labute approximate surface area is 102 Å². The second-order valence-corrected chi connectivity index (χ2v) is 5.15. The van der Waals surface area contributed by atoms with Crippen molar-refractivity contribution < 1.29 is 9.84 Å². The van der Waals surface area contributed by atoms with E-state index >= 15 is 0 Å². The lowest BCUT2D eigenvalue weighted by molar-refractivity contribution is 0.181. The second kappa shape index (κ2) is 4.27. The van der Waals surface area contributed by atoms with Crippen LogP contribution in [0.4, 0.5) is 0 Å². The molecule has 1 aromatic rings. The van der Waals surface area contributed by atoms with Gasteiger partial charge >= 0.3 is 0 Å². The minimum absolute atomic E-state index is 0.0226. The summed E-state index contributed by atoms with van der Waals surface area (Å²) in [5.74, 6) is 0.894. The van der Waals surface area contributed by atoms with Crippen LogP contribution in [-0.4, -0.2) is 23.2 Å². The molecular formula is C13H20N2O2. The Kier molecular flexibility index (Phi) is 3.10. The smallest absolute Gasteiger partial charge is 0.144 e. The molecule has 3 N–H and O–H groups in total. The van der Waals surface area contributed by atoms with Crippen LogP contribution in [0.5, 0.6) is 5.75 Å². The summed E-state index contributed by atoms with van der Waals surface area (Å²) in [6.07, 6.45) is 0.103. The summed E-state index contributed by atoms with van der Waals surface area (Å²) in [6.45, 7) is 7.17. The first-order valence-corrected chi connectivity index (χ1v) is 6.04. The molecule has 0 aliphatic carbocycles. The molecule has 4 heteroatoms. The maximum Gasteiger partial charge on any atom is 0.144 e. The largest absolute Gasteiger partial charge is 0.490 e. The fourth-order valence-corrected chi connectivity index (χ4v) is 2.13. The Hall–Kier alpha value is -1.13. The van der Waals surface area contributed by atoms with E-state index in [1.54, 1.807) is 0 Å². The van der Waals surface area contributed by atoms with E-state index in [0.717, 1.165) is 23.4 Å². The van der Waals surface area contributed by atoms with E-state index < -0.39 is 6.10 Å². The van der Waals surface area contributed by atoms with Crippen LogP contribution in [0.25, 0.3) is 0 Å². The summed E-state index contributed by atoms with van der Waals surface area (Å²) in [5.41, 5.74) is 8.16. The molecule has 0 fully saturated rings. The molecule has 0 aromatic carbocycles. The van der Waals surface area contributed by atoms with Crippen LogP contribution in [0.3, 0.4) is 0 Å². The zero-order valence-corrected chi connectivity index (χ0v) is 10.7. The molecule has 1 aromatic heterocycles. The normalized spacial score (nSPS) is 18.6. The van der Waals surface area contributed by atoms with Crippen LogP contribution in [0.15, 0.2) is 6.07 Å². The molecule has 1 atom stereocenters. The van der Waals surface area contributed by atoms with E-state index in [1.807, 2.05) is 13.0 Å². The predicted octanol–water partition coefficient (Wildman–Crippen LogP) is 1.31. The molecule has 0 saturated heterocycles. The third-order valence-corrected chi connectivity index (χ3v) is 3.27. The number of hydrogen-bond donors (Lipinski definition) is 2. The number of aliphatic hydroxyl groups excluding tert-OH is 1. The first kappa shape index (κ1) is 12.3. The van der Waals surface area contributed by atoms with Gasteiger partial charge < -0.3 is 15.6 Å². The van der Waals surface area contributed by atoms with Crippen LogP contribution < -0.4 is 10.5 Å². The van der Waals surface area contributed by atoms with E-state index in [4.69, 9.17) is 10.5 Å². The van der Waals surface area contributed by atoms with Crippen LogP contribution in [0.2, 0.25) is 0 Å². The zero-order valence-electron chi connectivity index (χ0n) is 10.7. The Morgan fingerprint density at radius 2 is 2.29 bits per heavy atom. The number of rotatable bonds is 3. The van der Waals surface area contributed by atoms with Gasteiger partial charge in [0.2, 0.25) is 0 Å². The first-order chi connectivity index (χ1) is 7.99. The predicted molar refractivity (Wildman–Crippen MR) is 66.2 cm³/mol. The van der Waals surface area contributed by atoms with Gasteiger partial charge in [-0.2, -0.15) is 0 Å². The number of fused-ring (bicyclic) bond motifs is 1. The first-order valence-electron chi connectivity index (χ1n) is 6.04. The van der Waals surface area contributed by atoms with Crippen molar-refractivity contribution in [2.45, 2.75) is 38.7 Å². The molecule has 2 rings (SSSR count). The van der Waals surface area contributed by atoms with Gasteiger partial charge in [0.15, 0.2) is 0 Å². The Balaban J connectivity index is 2.55. The van der Waals surface area contributed by atoms with E-state index in [1.165, 1.54) is 0 Å². The van der Waals surface area contributed by atoms with E-state index in [2.05, 4.69) is 18.8 Å². The maximum atomic E-state index is 9.82. The number of pyridine rings is 1. The highest BCUT2D eigenvalue weighted by molar-refractivity contribution is 5.47. The summed E-state index contributed by atoms with van der Waals surface area (Å²) in [7, 11) is 0. The summed E-state index contributed by atoms with van der Waals surface area (Å²) >= 11 is 0. The molecule has 4 nitrogen and oxygen atoms in total. The molecule has 2 heterocycles. The lowest BCUT2D eigenvalue weighted by Crippen LogP contribution is -2.19. The van der Waals surface area contributed by atoms with Crippen molar-refractivity contribution in [1.82, 2.24) is 4.98 Å². The van der Waals surface area contributed by atoms with Gasteiger partial charge in [0, 0.05) is 17.5 Å². The molecule has 1 unspecified atom stereocenters. The van der Waals surface area contributed by atoms with Crippen LogP contribution in [-0.2, 0) is 11.8 Å². The van der Waals surface area contributed by atoms with Gasteiger partial charge in [-0.1, -0.05) is 20.8 Å². The number of aliphatic hydroxyl groups is 1. The molecule has 17 heavy (non-hydrogen) atoms. The van der Waals surface area contributed by atoms with Crippen molar-refractivity contribution in [3.63, 3.8) is 0 Å². The van der Waals surface area contributed by atoms with Crippen molar-refractivity contribution in [1.29, 1.82) is 0 Å². The van der Waals surface area contributed by atoms with Crippen molar-refractivity contribution >= 4 is 0 Å². The fourth-order valence-electron chi connectivity index (χ4n) is 2.13. The summed E-state index contributed by atoms with van der Waals surface area (Å²) in [5, 5.41) is 9.82. The quantitative estimate of drug-likeness (QED) is 0.830. The number of aryl methyl sites for hydroxylation is 1. The van der Waals surface area contributed by atoms with Crippen molar-refractivity contribution in [2.75, 3.05) is 13.2 Å². The molecule has 0 amide bonds. The van der Waals surface area contributed by atoms with Gasteiger partial charge in [0.05, 0.1) is 18.0 Å². The summed E-state index contributed by atoms with van der Waals surface area (Å²) in [6, 6.07) is 1.93. The average molecular weight is 236 g/mol. The van der Waals surface area contributed by atoms with Crippen molar-refractivity contribution in [3.8, 4) is 5.75 Å². The molecule has 94 valence electrons. The lowest BCUT2D eigenvalue weighted by Gasteiger charge is -2.17. The molecule has 1 aliphatic rings. The Bertz CT molecular complexity index is 430. The highest BCUT2D eigenvalue weighted by Gasteiger charge is 2.34. The Morgan fingerprint density at radius 3 is 2.88 bits per heavy atom. The minimum Gasteiger partial charge on any atom is -0.490 e. The van der Waals surface area contributed by atoms with E-state index in [9.17, 15) is 5.11 Å². The average Bonchev–Trinajstić information content (AvgIpc) is 2.63. The fraction of sp³-hybridized carbons (Fsp3) is 0.615. The summed E-state index contributed by atoms with van der Waals surface area (Å²) in [4.78, 5) is 4.44. The standard InChI is InChI=1S/C13H20N2O2/c1-4-9-12-8(13(2,3)7-17-12)5-10(15-9)11(16)6-14/h5,11,16H,4,6-7,14H2,1-3H3. The van der Waals surface area contributed by atoms with Crippen molar-refractivity contribution in [3.05, 3.63) is 23.0 Å². The van der Waals surface area contributed by atoms with Crippen molar-refractivity contribution in [2.24, 2.45) is 5.73 Å². The minimum atomic E-state index is -0.693. The van der Waals surface area contributed by atoms with Crippen LogP contribution in [0, 0.1) is 0 Å². The number of ether oxygens (including phenoxy) is 1. The second-order valence-electron chi connectivity index (χ2n) is 5.15. The molecule has 0 bridgehead atoms. The zero-order chi connectivity index (χ0) is 12.6. The molecule has 1 aliphatic heterocycles. The Morgan fingerprint density at radius 1 is 1.59 bits per heavy atom. The van der Waals surface area contributed by atoms with Gasteiger partial charge in [-0.3, -0.25) is 4.98 Å². The number of nitrogens with two attached hydrogens (primary N) is 1. The number of hydrogen-bond acceptors (Lipinski definition) is 4. The lowest BCUT2D eigenvalue weighted by atomic mass is 9.86. The number of aromatic nitrogens is 1. The van der Waals surface area contributed by atoms with Gasteiger partial charge in [0.1, 0.15) is 11.9 Å². The van der Waals surface area contributed by atoms with Gasteiger partial charge in [-0.05, 0) is 12.5 Å². The third-order valence-electron chi connectivity index (χ3n) is 3.27. The third kappa shape index (κ3) is 2.03. The summed E-state index contributed by atoms with van der Waals surface area (Å²) < 4.78 is 5.73. The van der Waals surface area contributed by atoms with Gasteiger partial charge in [0.25, 0.3) is 0 Å². The highest BCUT2D eigenvalue weighted by Crippen LogP contribution is 2.41. The van der Waals surface area contributed by atoms with E-state index in [0.29, 0.717) is 12.3 Å². The topological polar surface area (TPSA) is 68.4 Å². The van der Waals surface area contributed by atoms with Crippen LogP contribution in [0.1, 0.15) is 43.8 Å². The van der Waals surface area contributed by atoms with Crippen LogP contribution >= 0.6 is 0 Å².